The number of nitrogens with one attached hydrogen (secondary N) is 2. The van der Waals surface area contributed by atoms with E-state index in [0.717, 1.165) is 54.0 Å². The zero-order valence-electron chi connectivity index (χ0n) is 16.4. The van der Waals surface area contributed by atoms with Gasteiger partial charge in [0.1, 0.15) is 5.82 Å². The first kappa shape index (κ1) is 17.9. The summed E-state index contributed by atoms with van der Waals surface area (Å²) in [5.74, 6) is 0.765. The van der Waals surface area contributed by atoms with Crippen molar-refractivity contribution in [3.63, 3.8) is 0 Å². The maximum absolute atomic E-state index is 13.0. The molecule has 0 spiro atoms. The molecule has 29 heavy (non-hydrogen) atoms. The van der Waals surface area contributed by atoms with Crippen LogP contribution >= 0.6 is 0 Å². The van der Waals surface area contributed by atoms with Crippen LogP contribution in [0.5, 0.6) is 0 Å². The molecule has 0 radical (unpaired) electrons. The number of aryl methyl sites for hydroxylation is 1. The minimum absolute atomic E-state index is 0.0668. The van der Waals surface area contributed by atoms with Crippen LogP contribution in [0, 0.1) is 0 Å². The molecule has 148 valence electrons. The van der Waals surface area contributed by atoms with Crippen molar-refractivity contribution >= 4 is 11.8 Å². The molecule has 1 heterocycles. The summed E-state index contributed by atoms with van der Waals surface area (Å²) < 4.78 is 7.50. The quantitative estimate of drug-likeness (QED) is 0.714. The number of methoxy groups -OCH3 is 1. The molecule has 0 fully saturated rings. The smallest absolute Gasteiger partial charge is 0.320 e. The molecular formula is C23H24N4O2. The van der Waals surface area contributed by atoms with Gasteiger partial charge in [-0.15, -0.1) is 0 Å². The largest absolute Gasteiger partial charge is 0.379 e. The average Bonchev–Trinajstić information content (AvgIpc) is 3.43. The summed E-state index contributed by atoms with van der Waals surface area (Å²) in [6.45, 7) is 0. The van der Waals surface area contributed by atoms with Gasteiger partial charge in [-0.05, 0) is 42.5 Å². The summed E-state index contributed by atoms with van der Waals surface area (Å²) in [7, 11) is 1.69. The lowest BCUT2D eigenvalue weighted by Crippen LogP contribution is -2.38. The van der Waals surface area contributed by atoms with E-state index >= 15 is 0 Å². The van der Waals surface area contributed by atoms with Gasteiger partial charge in [0.2, 0.25) is 0 Å². The summed E-state index contributed by atoms with van der Waals surface area (Å²) in [6.07, 6.45) is 3.70. The number of urea groups is 1. The van der Waals surface area contributed by atoms with Crippen LogP contribution in [0.1, 0.15) is 34.8 Å². The van der Waals surface area contributed by atoms with Crippen molar-refractivity contribution in [3.05, 3.63) is 77.0 Å². The average molecular weight is 388 g/mol. The number of nitrogens with zero attached hydrogens (tertiary/aromatic N) is 2. The molecule has 0 saturated carbocycles. The van der Waals surface area contributed by atoms with Gasteiger partial charge in [-0.2, -0.15) is 5.10 Å². The van der Waals surface area contributed by atoms with E-state index in [1.807, 2.05) is 47.1 Å². The number of para-hydroxylation sites is 1. The third-order valence-electron chi connectivity index (χ3n) is 5.91. The Kier molecular flexibility index (Phi) is 4.56. The van der Waals surface area contributed by atoms with Gasteiger partial charge in [0.15, 0.2) is 0 Å². The Morgan fingerprint density at radius 2 is 1.90 bits per heavy atom. The predicted molar refractivity (Wildman–Crippen MR) is 111 cm³/mol. The molecule has 6 nitrogen and oxygen atoms in total. The van der Waals surface area contributed by atoms with E-state index in [2.05, 4.69) is 22.8 Å². The van der Waals surface area contributed by atoms with E-state index in [4.69, 9.17) is 9.84 Å². The summed E-state index contributed by atoms with van der Waals surface area (Å²) >= 11 is 0. The minimum atomic E-state index is -0.236. The molecule has 2 aliphatic rings. The minimum Gasteiger partial charge on any atom is -0.379 e. The predicted octanol–water partition coefficient (Wildman–Crippen LogP) is 3.79. The van der Waals surface area contributed by atoms with Crippen LogP contribution in [-0.2, 0) is 24.0 Å². The molecule has 2 aliphatic carbocycles. The number of anilines is 1. The van der Waals surface area contributed by atoms with E-state index < -0.39 is 0 Å². The molecule has 2 amide bonds. The molecule has 2 aromatic carbocycles. The van der Waals surface area contributed by atoms with Crippen molar-refractivity contribution in [1.82, 2.24) is 15.1 Å². The van der Waals surface area contributed by atoms with Crippen LogP contribution < -0.4 is 10.6 Å². The first-order valence-corrected chi connectivity index (χ1v) is 10.1. The zero-order chi connectivity index (χ0) is 19.8. The number of carbonyl (C=O) groups is 1. The summed E-state index contributed by atoms with van der Waals surface area (Å²) in [5, 5.41) is 11.0. The molecular weight excluding hydrogens is 364 g/mol. The van der Waals surface area contributed by atoms with Gasteiger partial charge in [0.25, 0.3) is 0 Å². The molecule has 6 heteroatoms. The highest BCUT2D eigenvalue weighted by molar-refractivity contribution is 5.90. The molecule has 2 atom stereocenters. The Balaban J connectivity index is 1.42. The van der Waals surface area contributed by atoms with Gasteiger partial charge in [-0.3, -0.25) is 5.32 Å². The number of carbonyl (C=O) groups excluding carboxylic acids is 1. The van der Waals surface area contributed by atoms with Gasteiger partial charge < -0.3 is 10.1 Å². The van der Waals surface area contributed by atoms with Gasteiger partial charge >= 0.3 is 6.03 Å². The number of hydrogen-bond donors (Lipinski definition) is 2. The molecule has 0 aliphatic heterocycles. The summed E-state index contributed by atoms with van der Waals surface area (Å²) in [5.41, 5.74) is 5.50. The van der Waals surface area contributed by atoms with Gasteiger partial charge in [-0.1, -0.05) is 42.5 Å². The molecule has 0 unspecified atom stereocenters. The number of ether oxygens (including phenoxy) is 1. The fraction of sp³-hybridized carbons (Fsp3) is 0.304. The van der Waals surface area contributed by atoms with Crippen LogP contribution in [0.25, 0.3) is 5.69 Å². The molecule has 3 aromatic rings. The summed E-state index contributed by atoms with van der Waals surface area (Å²) in [6, 6.07) is 17.7. The van der Waals surface area contributed by atoms with Gasteiger partial charge in [0, 0.05) is 19.1 Å². The lowest BCUT2D eigenvalue weighted by atomic mass is 10.1. The maximum Gasteiger partial charge on any atom is 0.320 e. The first-order valence-electron chi connectivity index (χ1n) is 10.1. The number of aromatic nitrogens is 2. The van der Waals surface area contributed by atoms with Crippen LogP contribution in [0.15, 0.2) is 54.6 Å². The highest BCUT2D eigenvalue weighted by Crippen LogP contribution is 2.34. The second kappa shape index (κ2) is 7.37. The topological polar surface area (TPSA) is 68.2 Å². The van der Waals surface area contributed by atoms with E-state index in [9.17, 15) is 4.79 Å². The second-order valence-corrected chi connectivity index (χ2v) is 7.63. The first-order chi connectivity index (χ1) is 14.2. The molecule has 2 N–H and O–H groups in total. The van der Waals surface area contributed by atoms with E-state index in [0.29, 0.717) is 0 Å². The SMILES string of the molecule is CO[C@H]1Cc2ccccc2[C@@H]1NC(=O)Nc1c2c(nn1-c1ccccc1)CCC2. The third kappa shape index (κ3) is 3.19. The van der Waals surface area contributed by atoms with Gasteiger partial charge in [0.05, 0.1) is 23.5 Å². The van der Waals surface area contributed by atoms with E-state index in [-0.39, 0.29) is 18.2 Å². The fourth-order valence-electron chi connectivity index (χ4n) is 4.51. The number of fused-ring (bicyclic) bond motifs is 2. The van der Waals surface area contributed by atoms with Crippen molar-refractivity contribution in [2.75, 3.05) is 12.4 Å². The second-order valence-electron chi connectivity index (χ2n) is 7.63. The molecule has 0 bridgehead atoms. The standard InChI is InChI=1S/C23H24N4O2/c1-29-20-14-15-8-5-6-11-17(15)21(20)24-23(28)25-22-18-12-7-13-19(18)26-27(22)16-9-3-2-4-10-16/h2-6,8-11,20-21H,7,12-14H2,1H3,(H2,24,25,28)/t20-,21-/m0/s1. The Morgan fingerprint density at radius 3 is 2.72 bits per heavy atom. The van der Waals surface area contributed by atoms with Crippen molar-refractivity contribution in [3.8, 4) is 5.69 Å². The maximum atomic E-state index is 13.0. The van der Waals surface area contributed by atoms with Crippen molar-refractivity contribution < 1.29 is 9.53 Å². The highest BCUT2D eigenvalue weighted by Gasteiger charge is 2.34. The fourth-order valence-corrected chi connectivity index (χ4v) is 4.51. The molecule has 5 rings (SSSR count). The third-order valence-corrected chi connectivity index (χ3v) is 5.91. The lowest BCUT2D eigenvalue weighted by molar-refractivity contribution is 0.0823. The zero-order valence-corrected chi connectivity index (χ0v) is 16.4. The van der Waals surface area contributed by atoms with Crippen LogP contribution in [0.4, 0.5) is 10.6 Å². The normalized spacial score (nSPS) is 19.6. The number of hydrogen-bond acceptors (Lipinski definition) is 3. The monoisotopic (exact) mass is 388 g/mol. The Hall–Kier alpha value is -3.12. The van der Waals surface area contributed by atoms with E-state index in [1.165, 1.54) is 5.56 Å². The van der Waals surface area contributed by atoms with Crippen molar-refractivity contribution in [1.29, 1.82) is 0 Å². The van der Waals surface area contributed by atoms with Crippen molar-refractivity contribution in [2.45, 2.75) is 37.8 Å². The van der Waals surface area contributed by atoms with Crippen LogP contribution in [0.3, 0.4) is 0 Å². The molecule has 0 saturated heterocycles. The van der Waals surface area contributed by atoms with Gasteiger partial charge in [-0.25, -0.2) is 9.48 Å². The molecule has 1 aromatic heterocycles. The lowest BCUT2D eigenvalue weighted by Gasteiger charge is -2.21. The van der Waals surface area contributed by atoms with Crippen molar-refractivity contribution in [2.24, 2.45) is 0 Å². The highest BCUT2D eigenvalue weighted by atomic mass is 16.5. The Bertz CT molecular complexity index is 1040. The van der Waals surface area contributed by atoms with Crippen LogP contribution in [0.2, 0.25) is 0 Å². The number of benzene rings is 2. The van der Waals surface area contributed by atoms with E-state index in [1.54, 1.807) is 7.11 Å². The Labute approximate surface area is 169 Å². The van der Waals surface area contributed by atoms with Crippen LogP contribution in [-0.4, -0.2) is 29.0 Å². The summed E-state index contributed by atoms with van der Waals surface area (Å²) in [4.78, 5) is 13.0. The number of amides is 2. The Morgan fingerprint density at radius 1 is 1.10 bits per heavy atom. The number of rotatable bonds is 4.